The zero-order valence-electron chi connectivity index (χ0n) is 14.0. The van der Waals surface area contributed by atoms with E-state index in [4.69, 9.17) is 9.15 Å². The Hall–Kier alpha value is -2.17. The molecular formula is C19H24N2O3. The van der Waals surface area contributed by atoms with Gasteiger partial charge in [-0.2, -0.15) is 0 Å². The summed E-state index contributed by atoms with van der Waals surface area (Å²) in [4.78, 5) is 14.1. The van der Waals surface area contributed by atoms with Crippen LogP contribution in [0.25, 0.3) is 11.0 Å². The Labute approximate surface area is 141 Å². The molecule has 1 saturated heterocycles. The first kappa shape index (κ1) is 15.4. The van der Waals surface area contributed by atoms with E-state index in [-0.39, 0.29) is 12.1 Å². The van der Waals surface area contributed by atoms with Gasteiger partial charge in [0.05, 0.1) is 19.4 Å². The maximum atomic E-state index is 12.3. The van der Waals surface area contributed by atoms with Crippen LogP contribution in [0.3, 0.4) is 0 Å². The van der Waals surface area contributed by atoms with Crippen molar-refractivity contribution < 1.29 is 13.9 Å². The van der Waals surface area contributed by atoms with Gasteiger partial charge >= 0.3 is 6.03 Å². The molecule has 0 bridgehead atoms. The predicted octanol–water partition coefficient (Wildman–Crippen LogP) is 3.78. The van der Waals surface area contributed by atoms with Crippen LogP contribution in [0.5, 0.6) is 5.75 Å². The highest BCUT2D eigenvalue weighted by Gasteiger charge is 2.34. The number of rotatable bonds is 3. The summed E-state index contributed by atoms with van der Waals surface area (Å²) in [6.07, 6.45) is 6.33. The third-order valence-corrected chi connectivity index (χ3v) is 5.22. The highest BCUT2D eigenvalue weighted by atomic mass is 16.5. The van der Waals surface area contributed by atoms with Crippen LogP contribution < -0.4 is 10.1 Å². The molecule has 5 heteroatoms. The van der Waals surface area contributed by atoms with E-state index in [0.717, 1.165) is 35.5 Å². The zero-order valence-corrected chi connectivity index (χ0v) is 14.0. The van der Waals surface area contributed by atoms with Gasteiger partial charge in [-0.25, -0.2) is 4.79 Å². The number of carbonyl (C=O) groups is 1. The summed E-state index contributed by atoms with van der Waals surface area (Å²) in [5, 5.41) is 4.20. The molecule has 2 fully saturated rings. The van der Waals surface area contributed by atoms with Gasteiger partial charge < -0.3 is 19.4 Å². The van der Waals surface area contributed by atoms with Gasteiger partial charge in [-0.15, -0.1) is 0 Å². The van der Waals surface area contributed by atoms with Crippen LogP contribution in [0, 0.1) is 5.92 Å². The normalized spacial score (nSPS) is 24.6. The van der Waals surface area contributed by atoms with Gasteiger partial charge in [0.25, 0.3) is 0 Å². The fourth-order valence-electron chi connectivity index (χ4n) is 3.59. The summed E-state index contributed by atoms with van der Waals surface area (Å²) in [7, 11) is 0. The molecule has 128 valence electrons. The van der Waals surface area contributed by atoms with E-state index in [1.165, 1.54) is 12.8 Å². The predicted molar refractivity (Wildman–Crippen MR) is 92.2 cm³/mol. The van der Waals surface area contributed by atoms with Crippen molar-refractivity contribution in [1.29, 1.82) is 0 Å². The maximum Gasteiger partial charge on any atom is 0.317 e. The van der Waals surface area contributed by atoms with Gasteiger partial charge in [0.15, 0.2) is 11.3 Å². The Morgan fingerprint density at radius 1 is 1.21 bits per heavy atom. The first-order valence-electron chi connectivity index (χ1n) is 8.87. The van der Waals surface area contributed by atoms with E-state index in [9.17, 15) is 4.79 Å². The van der Waals surface area contributed by atoms with Gasteiger partial charge in [0.2, 0.25) is 0 Å². The standard InChI is InChI=1S/C19H24N2O3/c1-13-5-7-15(8-6-13)20-19(22)21-11-16(12-21)24-17-4-2-3-14-9-10-23-18(14)17/h2-4,9-10,13,15-16H,5-8,11-12H2,1H3,(H,20,22). The molecule has 4 rings (SSSR count). The Morgan fingerprint density at radius 3 is 2.79 bits per heavy atom. The van der Waals surface area contributed by atoms with Gasteiger partial charge in [-0.05, 0) is 43.7 Å². The monoisotopic (exact) mass is 328 g/mol. The molecule has 1 saturated carbocycles. The van der Waals surface area contributed by atoms with Crippen molar-refractivity contribution in [3.63, 3.8) is 0 Å². The lowest BCUT2D eigenvalue weighted by atomic mass is 9.87. The molecule has 0 radical (unpaired) electrons. The van der Waals surface area contributed by atoms with Crippen molar-refractivity contribution in [1.82, 2.24) is 10.2 Å². The summed E-state index contributed by atoms with van der Waals surface area (Å²) in [6.45, 7) is 3.55. The quantitative estimate of drug-likeness (QED) is 0.933. The number of hydrogen-bond acceptors (Lipinski definition) is 3. The Morgan fingerprint density at radius 2 is 2.00 bits per heavy atom. The van der Waals surface area contributed by atoms with E-state index < -0.39 is 0 Å². The lowest BCUT2D eigenvalue weighted by molar-refractivity contribution is 0.0431. The summed E-state index contributed by atoms with van der Waals surface area (Å²) < 4.78 is 11.5. The second-order valence-electron chi connectivity index (χ2n) is 7.15. The minimum absolute atomic E-state index is 0.0397. The summed E-state index contributed by atoms with van der Waals surface area (Å²) in [5.41, 5.74) is 0.775. The average molecular weight is 328 g/mol. The number of urea groups is 1. The highest BCUT2D eigenvalue weighted by Crippen LogP contribution is 2.29. The van der Waals surface area contributed by atoms with Crippen LogP contribution in [0.4, 0.5) is 4.79 Å². The van der Waals surface area contributed by atoms with Crippen LogP contribution in [0.15, 0.2) is 34.9 Å². The van der Waals surface area contributed by atoms with Gasteiger partial charge in [0.1, 0.15) is 6.10 Å². The lowest BCUT2D eigenvalue weighted by Crippen LogP contribution is -2.60. The fraction of sp³-hybridized carbons (Fsp3) is 0.526. The number of nitrogens with one attached hydrogen (secondary N) is 1. The average Bonchev–Trinajstić information content (AvgIpc) is 3.02. The number of fused-ring (bicyclic) bond motifs is 1. The number of benzene rings is 1. The molecule has 0 atom stereocenters. The number of ether oxygens (including phenoxy) is 1. The van der Waals surface area contributed by atoms with Gasteiger partial charge in [-0.1, -0.05) is 19.1 Å². The maximum absolute atomic E-state index is 12.3. The molecule has 0 spiro atoms. The first-order valence-corrected chi connectivity index (χ1v) is 8.87. The summed E-state index contributed by atoms with van der Waals surface area (Å²) in [6, 6.07) is 8.18. The van der Waals surface area contributed by atoms with Gasteiger partial charge in [-0.3, -0.25) is 0 Å². The van der Waals surface area contributed by atoms with Crippen LogP contribution >= 0.6 is 0 Å². The Kier molecular flexibility index (Phi) is 4.08. The molecule has 5 nitrogen and oxygen atoms in total. The van der Waals surface area contributed by atoms with Crippen molar-refractivity contribution in [2.75, 3.05) is 13.1 Å². The Balaban J connectivity index is 1.27. The Bertz CT molecular complexity index is 712. The molecule has 2 aromatic rings. The third-order valence-electron chi connectivity index (χ3n) is 5.22. The van der Waals surface area contributed by atoms with Crippen LogP contribution in [-0.4, -0.2) is 36.2 Å². The van der Waals surface area contributed by atoms with E-state index in [0.29, 0.717) is 19.1 Å². The minimum atomic E-state index is 0.0397. The molecule has 1 aliphatic heterocycles. The number of furan rings is 1. The third kappa shape index (κ3) is 3.07. The first-order chi connectivity index (χ1) is 11.7. The smallest absolute Gasteiger partial charge is 0.317 e. The number of hydrogen-bond donors (Lipinski definition) is 1. The number of likely N-dealkylation sites (tertiary alicyclic amines) is 1. The fourth-order valence-corrected chi connectivity index (χ4v) is 3.59. The molecule has 2 amide bonds. The summed E-state index contributed by atoms with van der Waals surface area (Å²) in [5.74, 6) is 1.55. The van der Waals surface area contributed by atoms with Gasteiger partial charge in [0, 0.05) is 11.4 Å². The molecule has 2 aliphatic rings. The highest BCUT2D eigenvalue weighted by molar-refractivity contribution is 5.83. The molecule has 2 heterocycles. The minimum Gasteiger partial charge on any atom is -0.483 e. The van der Waals surface area contributed by atoms with E-state index in [1.54, 1.807) is 6.26 Å². The summed E-state index contributed by atoms with van der Waals surface area (Å²) >= 11 is 0. The molecule has 24 heavy (non-hydrogen) atoms. The zero-order chi connectivity index (χ0) is 16.5. The molecule has 0 unspecified atom stereocenters. The topological polar surface area (TPSA) is 54.7 Å². The van der Waals surface area contributed by atoms with Crippen molar-refractivity contribution in [3.05, 3.63) is 30.5 Å². The largest absolute Gasteiger partial charge is 0.483 e. The van der Waals surface area contributed by atoms with Crippen LogP contribution in [-0.2, 0) is 0 Å². The van der Waals surface area contributed by atoms with E-state index >= 15 is 0 Å². The van der Waals surface area contributed by atoms with Crippen molar-refractivity contribution in [3.8, 4) is 5.75 Å². The molecule has 1 aromatic heterocycles. The molecule has 1 aromatic carbocycles. The number of amides is 2. The molecule has 1 N–H and O–H groups in total. The van der Waals surface area contributed by atoms with Crippen LogP contribution in [0.2, 0.25) is 0 Å². The van der Waals surface area contributed by atoms with E-state index in [2.05, 4.69) is 12.2 Å². The van der Waals surface area contributed by atoms with Crippen molar-refractivity contribution >= 4 is 17.0 Å². The van der Waals surface area contributed by atoms with Crippen molar-refractivity contribution in [2.24, 2.45) is 5.92 Å². The SMILES string of the molecule is CC1CCC(NC(=O)N2CC(Oc3cccc4ccoc34)C2)CC1. The number of para-hydroxylation sites is 1. The molecule has 1 aliphatic carbocycles. The number of carbonyl (C=O) groups excluding carboxylic acids is 1. The lowest BCUT2D eigenvalue weighted by Gasteiger charge is -2.40. The number of nitrogens with zero attached hydrogens (tertiary/aromatic N) is 1. The van der Waals surface area contributed by atoms with E-state index in [1.807, 2.05) is 29.2 Å². The second-order valence-corrected chi connectivity index (χ2v) is 7.15. The second kappa shape index (κ2) is 6.38. The molecular weight excluding hydrogens is 304 g/mol. The van der Waals surface area contributed by atoms with Crippen LogP contribution in [0.1, 0.15) is 32.6 Å². The van der Waals surface area contributed by atoms with Crippen molar-refractivity contribution in [2.45, 2.75) is 44.8 Å².